The van der Waals surface area contributed by atoms with Crippen LogP contribution in [-0.2, 0) is 0 Å². The van der Waals surface area contributed by atoms with Gasteiger partial charge in [0, 0.05) is 33.9 Å². The average molecular weight is 432 g/mol. The van der Waals surface area contributed by atoms with Crippen molar-refractivity contribution in [2.75, 3.05) is 0 Å². The van der Waals surface area contributed by atoms with E-state index in [-0.39, 0.29) is 5.56 Å². The van der Waals surface area contributed by atoms with E-state index < -0.39 is 11.3 Å². The number of nitrogens with one attached hydrogen (secondary N) is 1. The number of benzene rings is 1. The molecule has 0 saturated carbocycles. The molecule has 0 atom stereocenters. The summed E-state index contributed by atoms with van der Waals surface area (Å²) in [7, 11) is 0. The number of fused-ring (bicyclic) bond motifs is 1. The molecule has 0 saturated heterocycles. The van der Waals surface area contributed by atoms with Gasteiger partial charge in [0.05, 0.1) is 17.0 Å². The molecule has 0 spiro atoms. The van der Waals surface area contributed by atoms with Crippen molar-refractivity contribution in [1.29, 1.82) is 0 Å². The van der Waals surface area contributed by atoms with Crippen molar-refractivity contribution in [2.24, 2.45) is 0 Å². The summed E-state index contributed by atoms with van der Waals surface area (Å²) in [6.07, 6.45) is 6.22. The zero-order valence-electron chi connectivity index (χ0n) is 17.5. The predicted octanol–water partition coefficient (Wildman–Crippen LogP) is 5.87. The van der Waals surface area contributed by atoms with Crippen LogP contribution in [0.25, 0.3) is 28.2 Å². The molecule has 3 heterocycles. The first-order chi connectivity index (χ1) is 15.0. The maximum absolute atomic E-state index is 13.1. The molecular weight excluding hydrogens is 410 g/mol. The van der Waals surface area contributed by atoms with Crippen LogP contribution >= 0.6 is 11.6 Å². The summed E-state index contributed by atoms with van der Waals surface area (Å²) >= 11 is 6.20. The van der Waals surface area contributed by atoms with E-state index in [1.807, 2.05) is 39.0 Å². The monoisotopic (exact) mass is 431 g/mol. The molecule has 0 fully saturated rings. The molecule has 0 aliphatic carbocycles. The first kappa shape index (κ1) is 22.1. The van der Waals surface area contributed by atoms with Crippen LogP contribution in [0.15, 0.2) is 71.8 Å². The quantitative estimate of drug-likeness (QED) is 0.324. The van der Waals surface area contributed by atoms with Crippen molar-refractivity contribution in [3.05, 3.63) is 99.2 Å². The van der Waals surface area contributed by atoms with Gasteiger partial charge in [0.1, 0.15) is 0 Å². The van der Waals surface area contributed by atoms with E-state index in [4.69, 9.17) is 11.6 Å². The Balaban J connectivity index is 0.00000132. The van der Waals surface area contributed by atoms with Gasteiger partial charge in [-0.25, -0.2) is 0 Å². The Morgan fingerprint density at radius 3 is 2.55 bits per heavy atom. The second-order valence-corrected chi connectivity index (χ2v) is 7.00. The van der Waals surface area contributed by atoms with Crippen molar-refractivity contribution in [2.45, 2.75) is 20.8 Å². The van der Waals surface area contributed by atoms with Gasteiger partial charge in [0.2, 0.25) is 0 Å². The van der Waals surface area contributed by atoms with Crippen LogP contribution in [0, 0.1) is 6.92 Å². The van der Waals surface area contributed by atoms with Gasteiger partial charge < -0.3 is 4.98 Å². The fourth-order valence-electron chi connectivity index (χ4n) is 3.16. The summed E-state index contributed by atoms with van der Waals surface area (Å²) in [6.45, 7) is 5.93. The van der Waals surface area contributed by atoms with E-state index in [0.717, 1.165) is 5.56 Å². The zero-order chi connectivity index (χ0) is 22.4. The average Bonchev–Trinajstić information content (AvgIpc) is 2.79. The number of carbonyl (C=O) groups is 1. The van der Waals surface area contributed by atoms with Crippen LogP contribution in [0.5, 0.6) is 0 Å². The van der Waals surface area contributed by atoms with Crippen molar-refractivity contribution in [3.63, 3.8) is 0 Å². The number of ketones is 1. The fourth-order valence-corrected chi connectivity index (χ4v) is 3.33. The topological polar surface area (TPSA) is 75.7 Å². The van der Waals surface area contributed by atoms with Gasteiger partial charge >= 0.3 is 0 Å². The molecule has 0 aliphatic rings. The van der Waals surface area contributed by atoms with Gasteiger partial charge in [-0.15, -0.1) is 0 Å². The van der Waals surface area contributed by atoms with E-state index >= 15 is 0 Å². The summed E-state index contributed by atoms with van der Waals surface area (Å²) in [6, 6.07) is 14.2. The fraction of sp³-hybridized carbons (Fsp3) is 0.120. The lowest BCUT2D eigenvalue weighted by Gasteiger charge is -2.11. The molecular formula is C25H22ClN3O2. The van der Waals surface area contributed by atoms with Crippen LogP contribution in [0.4, 0.5) is 0 Å². The summed E-state index contributed by atoms with van der Waals surface area (Å²) in [4.78, 5) is 37.3. The predicted molar refractivity (Wildman–Crippen MR) is 126 cm³/mol. The first-order valence-corrected chi connectivity index (χ1v) is 10.3. The van der Waals surface area contributed by atoms with Gasteiger partial charge in [0.25, 0.3) is 5.56 Å². The lowest BCUT2D eigenvalue weighted by molar-refractivity contribution is 0.104. The zero-order valence-corrected chi connectivity index (χ0v) is 18.3. The largest absolute Gasteiger partial charge is 0.321 e. The number of halogens is 1. The van der Waals surface area contributed by atoms with Crippen molar-refractivity contribution < 1.29 is 4.79 Å². The summed E-state index contributed by atoms with van der Waals surface area (Å²) in [5, 5.41) is 1.16. The van der Waals surface area contributed by atoms with Gasteiger partial charge in [-0.2, -0.15) is 0 Å². The minimum Gasteiger partial charge on any atom is -0.321 e. The van der Waals surface area contributed by atoms with Crippen molar-refractivity contribution >= 4 is 34.4 Å². The second-order valence-electron chi connectivity index (χ2n) is 6.56. The Labute approximate surface area is 185 Å². The molecule has 0 unspecified atom stereocenters. The van der Waals surface area contributed by atoms with Crippen LogP contribution < -0.4 is 5.56 Å². The molecule has 156 valence electrons. The van der Waals surface area contributed by atoms with Gasteiger partial charge in [-0.1, -0.05) is 31.5 Å². The Morgan fingerprint density at radius 1 is 1.03 bits per heavy atom. The van der Waals surface area contributed by atoms with Crippen LogP contribution in [0.1, 0.15) is 35.5 Å². The summed E-state index contributed by atoms with van der Waals surface area (Å²) < 4.78 is 0. The Morgan fingerprint density at radius 2 is 1.84 bits per heavy atom. The van der Waals surface area contributed by atoms with E-state index in [0.29, 0.717) is 32.9 Å². The maximum atomic E-state index is 13.1. The number of rotatable bonds is 4. The minimum absolute atomic E-state index is 0.0186. The summed E-state index contributed by atoms with van der Waals surface area (Å²) in [5.74, 6) is -0.433. The Bertz CT molecular complexity index is 1310. The number of aromatic nitrogens is 3. The van der Waals surface area contributed by atoms with Gasteiger partial charge in [-0.3, -0.25) is 19.6 Å². The number of nitrogens with zero attached hydrogens (tertiary/aromatic N) is 2. The SMILES string of the molecule is CC.Cc1ccnc(-c2c(C(=O)/C=C/c3ccccn3)c(=O)[nH]c3ccc(Cl)cc23)c1. The number of allylic oxidation sites excluding steroid dienone is 1. The van der Waals surface area contributed by atoms with Crippen molar-refractivity contribution in [1.82, 2.24) is 15.0 Å². The molecule has 4 rings (SSSR count). The Hall–Kier alpha value is -3.57. The highest BCUT2D eigenvalue weighted by atomic mass is 35.5. The lowest BCUT2D eigenvalue weighted by Crippen LogP contribution is -2.19. The minimum atomic E-state index is -0.478. The first-order valence-electron chi connectivity index (χ1n) is 9.95. The molecule has 1 N–H and O–H groups in total. The molecule has 5 nitrogen and oxygen atoms in total. The standard InChI is InChI=1S/C23H16ClN3O2.C2H6/c1-14-9-11-26-19(12-14)21-17-13-15(24)5-7-18(17)27-23(29)22(21)20(28)8-6-16-4-2-3-10-25-16;1-2/h2-13H,1H3,(H,27,29);1-2H3/b8-6+;. The highest BCUT2D eigenvalue weighted by Gasteiger charge is 2.20. The number of aromatic amines is 1. The van der Waals surface area contributed by atoms with E-state index in [1.165, 1.54) is 6.08 Å². The molecule has 0 radical (unpaired) electrons. The third kappa shape index (κ3) is 4.95. The molecule has 0 bridgehead atoms. The smallest absolute Gasteiger partial charge is 0.260 e. The number of pyridine rings is 3. The van der Waals surface area contributed by atoms with Gasteiger partial charge in [-0.05, 0) is 67.1 Å². The molecule has 0 aliphatic heterocycles. The normalized spacial score (nSPS) is 10.7. The lowest BCUT2D eigenvalue weighted by atomic mass is 9.96. The third-order valence-corrected chi connectivity index (χ3v) is 4.72. The van der Waals surface area contributed by atoms with E-state index in [2.05, 4.69) is 15.0 Å². The number of carbonyl (C=O) groups excluding carboxylic acids is 1. The van der Waals surface area contributed by atoms with E-state index in [9.17, 15) is 9.59 Å². The molecule has 1 aromatic carbocycles. The Kier molecular flexibility index (Phi) is 7.11. The molecule has 31 heavy (non-hydrogen) atoms. The number of hydrogen-bond donors (Lipinski definition) is 1. The number of hydrogen-bond acceptors (Lipinski definition) is 4. The molecule has 4 aromatic rings. The second kappa shape index (κ2) is 9.96. The molecule has 0 amide bonds. The highest BCUT2D eigenvalue weighted by molar-refractivity contribution is 6.31. The summed E-state index contributed by atoms with van der Waals surface area (Å²) in [5.41, 5.74) is 2.72. The molecule has 3 aromatic heterocycles. The number of H-pyrrole nitrogens is 1. The third-order valence-electron chi connectivity index (χ3n) is 4.49. The highest BCUT2D eigenvalue weighted by Crippen LogP contribution is 2.31. The van der Waals surface area contributed by atoms with Crippen molar-refractivity contribution in [3.8, 4) is 11.3 Å². The van der Waals surface area contributed by atoms with Gasteiger partial charge in [0.15, 0.2) is 5.78 Å². The molecule has 6 heteroatoms. The van der Waals surface area contributed by atoms with Crippen LogP contribution in [-0.4, -0.2) is 20.7 Å². The van der Waals surface area contributed by atoms with Crippen LogP contribution in [0.2, 0.25) is 5.02 Å². The maximum Gasteiger partial charge on any atom is 0.260 e. The number of aryl methyl sites for hydroxylation is 1. The van der Waals surface area contributed by atoms with Crippen LogP contribution in [0.3, 0.4) is 0 Å². The van der Waals surface area contributed by atoms with E-state index in [1.54, 1.807) is 48.8 Å².